The second kappa shape index (κ2) is 11.8. The molecule has 0 aliphatic rings. The summed E-state index contributed by atoms with van der Waals surface area (Å²) in [6.45, 7) is 6.06. The van der Waals surface area contributed by atoms with Crippen LogP contribution in [0.25, 0.3) is 0 Å². The Morgan fingerprint density at radius 1 is 1.05 bits per heavy atom. The highest BCUT2D eigenvalue weighted by Crippen LogP contribution is 2.23. The van der Waals surface area contributed by atoms with Crippen LogP contribution in [0.4, 0.5) is 0 Å². The van der Waals surface area contributed by atoms with E-state index in [0.29, 0.717) is 12.6 Å². The molecule has 1 N–H and O–H groups in total. The third-order valence-corrected chi connectivity index (χ3v) is 3.80. The molecule has 1 unspecified atom stereocenters. The number of furan rings is 1. The first-order valence-electron chi connectivity index (χ1n) is 8.62. The van der Waals surface area contributed by atoms with Crippen molar-refractivity contribution in [3.63, 3.8) is 0 Å². The van der Waals surface area contributed by atoms with E-state index < -0.39 is 0 Å². The Labute approximate surface area is 130 Å². The average Bonchev–Trinajstić information content (AvgIpc) is 2.94. The van der Waals surface area contributed by atoms with Gasteiger partial charge in [-0.1, -0.05) is 52.4 Å². The number of ether oxygens (including phenoxy) is 1. The van der Waals surface area contributed by atoms with Crippen LogP contribution in [0.2, 0.25) is 0 Å². The Balaban J connectivity index is 2.38. The Morgan fingerprint density at radius 2 is 1.81 bits per heavy atom. The van der Waals surface area contributed by atoms with Crippen LogP contribution in [0, 0.1) is 0 Å². The molecule has 1 aromatic heterocycles. The van der Waals surface area contributed by atoms with Crippen LogP contribution in [-0.4, -0.2) is 13.7 Å². The van der Waals surface area contributed by atoms with Crippen molar-refractivity contribution in [2.45, 2.75) is 77.9 Å². The van der Waals surface area contributed by atoms with Crippen LogP contribution in [0.5, 0.6) is 0 Å². The lowest BCUT2D eigenvalue weighted by Crippen LogP contribution is -2.21. The third-order valence-electron chi connectivity index (χ3n) is 3.80. The van der Waals surface area contributed by atoms with Crippen molar-refractivity contribution in [1.29, 1.82) is 0 Å². The van der Waals surface area contributed by atoms with E-state index in [2.05, 4.69) is 25.2 Å². The first kappa shape index (κ1) is 18.2. The van der Waals surface area contributed by atoms with Crippen LogP contribution < -0.4 is 5.32 Å². The van der Waals surface area contributed by atoms with Crippen LogP contribution in [0.3, 0.4) is 0 Å². The molecule has 0 fully saturated rings. The van der Waals surface area contributed by atoms with Gasteiger partial charge in [-0.3, -0.25) is 0 Å². The minimum atomic E-state index is 0.349. The number of unbranched alkanes of at least 4 members (excludes halogenated alkanes) is 5. The molecule has 1 heterocycles. The summed E-state index contributed by atoms with van der Waals surface area (Å²) in [5, 5.41) is 3.61. The van der Waals surface area contributed by atoms with Crippen molar-refractivity contribution in [1.82, 2.24) is 5.32 Å². The maximum Gasteiger partial charge on any atom is 0.129 e. The van der Waals surface area contributed by atoms with Gasteiger partial charge < -0.3 is 14.5 Å². The van der Waals surface area contributed by atoms with Gasteiger partial charge >= 0.3 is 0 Å². The molecule has 0 aliphatic carbocycles. The second-order valence-electron chi connectivity index (χ2n) is 5.80. The Hall–Kier alpha value is -0.800. The molecule has 0 radical (unpaired) electrons. The summed E-state index contributed by atoms with van der Waals surface area (Å²) in [6, 6.07) is 4.47. The molecular weight excluding hydrogens is 262 g/mol. The van der Waals surface area contributed by atoms with E-state index in [1.807, 2.05) is 6.07 Å². The quantitative estimate of drug-likeness (QED) is 0.507. The fraction of sp³-hybridized carbons (Fsp3) is 0.778. The highest BCUT2D eigenvalue weighted by atomic mass is 16.5. The summed E-state index contributed by atoms with van der Waals surface area (Å²) in [5.41, 5.74) is 0. The van der Waals surface area contributed by atoms with E-state index in [1.54, 1.807) is 7.11 Å². The molecule has 0 spiro atoms. The van der Waals surface area contributed by atoms with Gasteiger partial charge in [0, 0.05) is 7.11 Å². The molecular formula is C18H33NO2. The second-order valence-corrected chi connectivity index (χ2v) is 5.80. The van der Waals surface area contributed by atoms with Crippen LogP contribution in [0.15, 0.2) is 16.5 Å². The van der Waals surface area contributed by atoms with Crippen LogP contribution >= 0.6 is 0 Å². The van der Waals surface area contributed by atoms with Gasteiger partial charge in [0.2, 0.25) is 0 Å². The number of nitrogens with one attached hydrogen (secondary N) is 1. The van der Waals surface area contributed by atoms with Crippen molar-refractivity contribution in [2.24, 2.45) is 0 Å². The fourth-order valence-corrected chi connectivity index (χ4v) is 2.59. The van der Waals surface area contributed by atoms with Crippen molar-refractivity contribution >= 4 is 0 Å². The summed E-state index contributed by atoms with van der Waals surface area (Å²) < 4.78 is 11.0. The minimum absolute atomic E-state index is 0.349. The zero-order valence-electron chi connectivity index (χ0n) is 14.1. The molecule has 0 aromatic carbocycles. The average molecular weight is 295 g/mol. The third kappa shape index (κ3) is 7.68. The number of hydrogen-bond acceptors (Lipinski definition) is 3. The number of methoxy groups -OCH3 is 1. The largest absolute Gasteiger partial charge is 0.462 e. The van der Waals surface area contributed by atoms with Crippen LogP contribution in [0.1, 0.15) is 82.8 Å². The lowest BCUT2D eigenvalue weighted by atomic mass is 10.0. The maximum absolute atomic E-state index is 5.89. The number of rotatable bonds is 13. The molecule has 3 nitrogen and oxygen atoms in total. The Bertz CT molecular complexity index is 349. The van der Waals surface area contributed by atoms with Gasteiger partial charge in [-0.25, -0.2) is 0 Å². The van der Waals surface area contributed by atoms with Crippen molar-refractivity contribution in [3.8, 4) is 0 Å². The van der Waals surface area contributed by atoms with Gasteiger partial charge in [-0.2, -0.15) is 0 Å². The van der Waals surface area contributed by atoms with Gasteiger partial charge in [0.25, 0.3) is 0 Å². The van der Waals surface area contributed by atoms with Gasteiger partial charge in [-0.15, -0.1) is 0 Å². The van der Waals surface area contributed by atoms with E-state index in [0.717, 1.165) is 30.9 Å². The highest BCUT2D eigenvalue weighted by molar-refractivity contribution is 5.10. The van der Waals surface area contributed by atoms with E-state index in [-0.39, 0.29) is 0 Å². The molecule has 0 saturated carbocycles. The lowest BCUT2D eigenvalue weighted by Gasteiger charge is -2.16. The summed E-state index contributed by atoms with van der Waals surface area (Å²) in [5.74, 6) is 1.97. The van der Waals surface area contributed by atoms with Crippen LogP contribution in [-0.2, 0) is 11.3 Å². The SMILES string of the molecule is CCCCCCCCC(NCCC)c1ccc(COC)o1. The zero-order chi connectivity index (χ0) is 15.3. The first-order valence-corrected chi connectivity index (χ1v) is 8.62. The van der Waals surface area contributed by atoms with E-state index in [1.165, 1.54) is 38.5 Å². The fourth-order valence-electron chi connectivity index (χ4n) is 2.59. The summed E-state index contributed by atoms with van der Waals surface area (Å²) in [6.07, 6.45) is 10.3. The van der Waals surface area contributed by atoms with Crippen molar-refractivity contribution in [2.75, 3.05) is 13.7 Å². The lowest BCUT2D eigenvalue weighted by molar-refractivity contribution is 0.161. The summed E-state index contributed by atoms with van der Waals surface area (Å²) in [7, 11) is 1.70. The molecule has 0 bridgehead atoms. The van der Waals surface area contributed by atoms with E-state index in [4.69, 9.17) is 9.15 Å². The Kier molecular flexibility index (Phi) is 10.3. The van der Waals surface area contributed by atoms with Gasteiger partial charge in [0.15, 0.2) is 0 Å². The topological polar surface area (TPSA) is 34.4 Å². The maximum atomic E-state index is 5.89. The number of hydrogen-bond donors (Lipinski definition) is 1. The summed E-state index contributed by atoms with van der Waals surface area (Å²) in [4.78, 5) is 0. The molecule has 0 aliphatic heterocycles. The van der Waals surface area contributed by atoms with E-state index in [9.17, 15) is 0 Å². The molecule has 21 heavy (non-hydrogen) atoms. The van der Waals surface area contributed by atoms with Crippen molar-refractivity contribution in [3.05, 3.63) is 23.7 Å². The predicted molar refractivity (Wildman–Crippen MR) is 88.4 cm³/mol. The molecule has 1 rings (SSSR count). The van der Waals surface area contributed by atoms with Gasteiger partial charge in [-0.05, 0) is 31.5 Å². The van der Waals surface area contributed by atoms with Crippen molar-refractivity contribution < 1.29 is 9.15 Å². The zero-order valence-corrected chi connectivity index (χ0v) is 14.1. The van der Waals surface area contributed by atoms with Gasteiger partial charge in [0.1, 0.15) is 18.1 Å². The highest BCUT2D eigenvalue weighted by Gasteiger charge is 2.14. The molecule has 3 heteroatoms. The normalized spacial score (nSPS) is 12.7. The monoisotopic (exact) mass is 295 g/mol. The molecule has 0 saturated heterocycles. The minimum Gasteiger partial charge on any atom is -0.462 e. The predicted octanol–water partition coefficient (Wildman–Crippen LogP) is 5.22. The smallest absolute Gasteiger partial charge is 0.129 e. The van der Waals surface area contributed by atoms with Gasteiger partial charge in [0.05, 0.1) is 6.04 Å². The molecule has 1 atom stereocenters. The Morgan fingerprint density at radius 3 is 2.52 bits per heavy atom. The molecule has 0 amide bonds. The van der Waals surface area contributed by atoms with E-state index >= 15 is 0 Å². The molecule has 122 valence electrons. The standard InChI is InChI=1S/C18H33NO2/c1-4-6-7-8-9-10-11-17(19-14-5-2)18-13-12-16(21-18)15-20-3/h12-13,17,19H,4-11,14-15H2,1-3H3. The first-order chi connectivity index (χ1) is 10.3. The molecule has 1 aromatic rings. The summed E-state index contributed by atoms with van der Waals surface area (Å²) >= 11 is 0.